The first-order valence-electron chi connectivity index (χ1n) is 18.2. The van der Waals surface area contributed by atoms with Crippen molar-refractivity contribution in [2.75, 3.05) is 33.2 Å². The smallest absolute Gasteiger partial charge is 0.317 e. The molecule has 7 rings (SSSR count). The van der Waals surface area contributed by atoms with E-state index in [2.05, 4.69) is 13.8 Å². The largest absolute Gasteiger partial charge is 0.492 e. The average Bonchev–Trinajstić information content (AvgIpc) is 3.69. The molecule has 290 valence electrons. The normalized spacial score (nSPS) is 29.5. The minimum absolute atomic E-state index is 0.0299. The second-order valence-electron chi connectivity index (χ2n) is 14.3. The SMILES string of the molecule is CC(C)CCc1cc(OO[C@H]2[C@H](OCCN)O[C@H]3[C@@H](O[C@@H](CCO)CC[C@@H]3OC(=O)CC(=O)O)[C@@H]2O)cc2c1OC[C@@H]1c3cc4c(cc3O[C@H]21)OCO4. The fraction of sp³-hybridized carbons (Fsp3) is 0.622. The van der Waals surface area contributed by atoms with Crippen LogP contribution < -0.4 is 29.6 Å². The van der Waals surface area contributed by atoms with E-state index in [4.69, 9.17) is 58.5 Å². The van der Waals surface area contributed by atoms with Crippen LogP contribution in [0.3, 0.4) is 0 Å². The van der Waals surface area contributed by atoms with Crippen LogP contribution in [-0.2, 0) is 39.8 Å². The number of aryl methyl sites for hydroxylation is 1. The Morgan fingerprint density at radius 1 is 1.00 bits per heavy atom. The Bertz CT molecular complexity index is 1640. The second kappa shape index (κ2) is 16.2. The molecule has 16 nitrogen and oxygen atoms in total. The number of carboxylic acids is 1. The van der Waals surface area contributed by atoms with Gasteiger partial charge in [0, 0.05) is 30.3 Å². The highest BCUT2D eigenvalue weighted by Crippen LogP contribution is 2.55. The lowest BCUT2D eigenvalue weighted by atomic mass is 9.87. The molecule has 2 aromatic carbocycles. The van der Waals surface area contributed by atoms with Gasteiger partial charge in [0.2, 0.25) is 6.79 Å². The van der Waals surface area contributed by atoms with E-state index < -0.39 is 61.3 Å². The number of aliphatic hydroxyl groups excluding tert-OH is 2. The number of esters is 1. The van der Waals surface area contributed by atoms with Crippen LogP contribution in [0, 0.1) is 5.92 Å². The number of carboxylic acid groups (broad SMARTS) is 1. The number of carbonyl (C=O) groups is 2. The molecule has 5 heterocycles. The third kappa shape index (κ3) is 7.99. The van der Waals surface area contributed by atoms with Crippen LogP contribution in [0.25, 0.3) is 0 Å². The highest BCUT2D eigenvalue weighted by molar-refractivity contribution is 5.90. The van der Waals surface area contributed by atoms with Gasteiger partial charge in [0.05, 0.1) is 25.2 Å². The van der Waals surface area contributed by atoms with Crippen molar-refractivity contribution in [3.63, 3.8) is 0 Å². The Morgan fingerprint density at radius 2 is 1.81 bits per heavy atom. The molecule has 0 bridgehead atoms. The van der Waals surface area contributed by atoms with Gasteiger partial charge in [-0.05, 0) is 61.8 Å². The topological polar surface area (TPSA) is 213 Å². The lowest BCUT2D eigenvalue weighted by molar-refractivity contribution is -0.379. The minimum Gasteiger partial charge on any atom is -0.492 e. The first-order valence-corrected chi connectivity index (χ1v) is 18.2. The van der Waals surface area contributed by atoms with Gasteiger partial charge in [-0.25, -0.2) is 0 Å². The second-order valence-corrected chi connectivity index (χ2v) is 14.3. The number of carbonyl (C=O) groups excluding carboxylic acids is 1. The van der Waals surface area contributed by atoms with Crippen molar-refractivity contribution in [3.8, 4) is 28.7 Å². The first kappa shape index (κ1) is 37.4. The number of aliphatic carboxylic acids is 1. The molecule has 0 aromatic heterocycles. The van der Waals surface area contributed by atoms with Gasteiger partial charge in [0.1, 0.15) is 48.4 Å². The quantitative estimate of drug-likeness (QED) is 0.0947. The third-order valence-electron chi connectivity index (χ3n) is 10.1. The highest BCUT2D eigenvalue weighted by Gasteiger charge is 2.54. The molecule has 0 unspecified atom stereocenters. The number of rotatable bonds is 14. The van der Waals surface area contributed by atoms with Crippen LogP contribution in [0.2, 0.25) is 0 Å². The van der Waals surface area contributed by atoms with E-state index in [0.717, 1.165) is 28.9 Å². The van der Waals surface area contributed by atoms with Crippen molar-refractivity contribution in [3.05, 3.63) is 41.0 Å². The van der Waals surface area contributed by atoms with Crippen molar-refractivity contribution in [2.24, 2.45) is 11.7 Å². The summed E-state index contributed by atoms with van der Waals surface area (Å²) in [7, 11) is 0. The molecule has 5 aliphatic heterocycles. The number of aliphatic hydroxyl groups is 2. The zero-order chi connectivity index (χ0) is 37.2. The van der Waals surface area contributed by atoms with E-state index >= 15 is 0 Å². The molecule has 0 amide bonds. The molecule has 0 aliphatic carbocycles. The fourth-order valence-corrected chi connectivity index (χ4v) is 7.55. The molecule has 16 heteroatoms. The van der Waals surface area contributed by atoms with Gasteiger partial charge in [-0.3, -0.25) is 9.59 Å². The molecule has 5 N–H and O–H groups in total. The van der Waals surface area contributed by atoms with E-state index in [1.807, 2.05) is 18.2 Å². The van der Waals surface area contributed by atoms with Crippen molar-refractivity contribution >= 4 is 11.9 Å². The summed E-state index contributed by atoms with van der Waals surface area (Å²) in [6.07, 6.45) is -6.50. The lowest BCUT2D eigenvalue weighted by Gasteiger charge is -2.44. The molecule has 2 fully saturated rings. The highest BCUT2D eigenvalue weighted by atomic mass is 17.2. The third-order valence-corrected chi connectivity index (χ3v) is 10.1. The number of hydrogen-bond acceptors (Lipinski definition) is 15. The predicted octanol–water partition coefficient (Wildman–Crippen LogP) is 2.67. The summed E-state index contributed by atoms with van der Waals surface area (Å²) >= 11 is 0. The molecule has 0 saturated carbocycles. The van der Waals surface area contributed by atoms with Crippen molar-refractivity contribution in [1.29, 1.82) is 0 Å². The van der Waals surface area contributed by atoms with Crippen LogP contribution in [0.5, 0.6) is 28.7 Å². The van der Waals surface area contributed by atoms with E-state index in [0.29, 0.717) is 48.4 Å². The standard InChI is InChI=1S/C37H47NO15/c1-18(2)3-4-19-11-21(12-23-32(19)45-16-24-22-13-27-28(47-17-46-27)14-26(22)50-33(23)24)52-53-36-31(43)35-34(51-37(36)44-10-8-38)25(49-30(42)15-29(40)41)6-5-20(48-35)7-9-39/h11-14,18,20,24-25,31,33-37,39,43H,3-10,15-17,38H2,1-2H3,(H,40,41)/t20-,24-,25+,31+,33-,34-,35+,36-,37-/m1/s1. The number of nitrogens with two attached hydrogens (primary N) is 1. The molecule has 0 spiro atoms. The molecule has 0 radical (unpaired) electrons. The van der Waals surface area contributed by atoms with Crippen molar-refractivity contribution < 1.29 is 72.6 Å². The van der Waals surface area contributed by atoms with Gasteiger partial charge in [-0.1, -0.05) is 13.8 Å². The maximum Gasteiger partial charge on any atom is 0.317 e. The zero-order valence-electron chi connectivity index (χ0n) is 29.7. The van der Waals surface area contributed by atoms with Crippen LogP contribution in [-0.4, -0.2) is 103 Å². The molecular weight excluding hydrogens is 698 g/mol. The zero-order valence-corrected chi connectivity index (χ0v) is 29.7. The summed E-state index contributed by atoms with van der Waals surface area (Å²) in [5.41, 5.74) is 8.39. The number of benzene rings is 2. The predicted molar refractivity (Wildman–Crippen MR) is 181 cm³/mol. The Kier molecular flexibility index (Phi) is 11.5. The van der Waals surface area contributed by atoms with Gasteiger partial charge >= 0.3 is 11.9 Å². The maximum absolute atomic E-state index is 12.4. The van der Waals surface area contributed by atoms with Crippen molar-refractivity contribution in [2.45, 2.75) is 107 Å². The molecular formula is C37H47NO15. The van der Waals surface area contributed by atoms with E-state index in [1.165, 1.54) is 0 Å². The monoisotopic (exact) mass is 745 g/mol. The van der Waals surface area contributed by atoms with Crippen LogP contribution >= 0.6 is 0 Å². The Hall–Kier alpha value is -3.90. The first-order chi connectivity index (χ1) is 25.6. The number of ether oxygens (including phenoxy) is 8. The Balaban J connectivity index is 1.15. The fourth-order valence-electron chi connectivity index (χ4n) is 7.55. The Morgan fingerprint density at radius 3 is 2.57 bits per heavy atom. The molecule has 53 heavy (non-hydrogen) atoms. The van der Waals surface area contributed by atoms with Gasteiger partial charge < -0.3 is 63.8 Å². The molecule has 2 aromatic rings. The van der Waals surface area contributed by atoms with Crippen LogP contribution in [0.1, 0.15) is 74.7 Å². The maximum atomic E-state index is 12.4. The Labute approximate surface area is 306 Å². The van der Waals surface area contributed by atoms with E-state index in [-0.39, 0.29) is 51.4 Å². The van der Waals surface area contributed by atoms with Crippen LogP contribution in [0.4, 0.5) is 0 Å². The number of fused-ring (bicyclic) bond motifs is 7. The summed E-state index contributed by atoms with van der Waals surface area (Å²) in [4.78, 5) is 35.6. The number of hydrogen-bond donors (Lipinski definition) is 4. The summed E-state index contributed by atoms with van der Waals surface area (Å²) < 4.78 is 48.1. The van der Waals surface area contributed by atoms with Gasteiger partial charge in [0.15, 0.2) is 29.6 Å². The molecule has 2 saturated heterocycles. The van der Waals surface area contributed by atoms with Gasteiger partial charge in [-0.2, -0.15) is 4.89 Å². The van der Waals surface area contributed by atoms with Gasteiger partial charge in [0.25, 0.3) is 0 Å². The lowest BCUT2D eigenvalue weighted by Crippen LogP contribution is -2.63. The summed E-state index contributed by atoms with van der Waals surface area (Å²) in [6.45, 7) is 4.82. The van der Waals surface area contributed by atoms with E-state index in [9.17, 15) is 19.8 Å². The van der Waals surface area contributed by atoms with E-state index in [1.54, 1.807) is 6.07 Å². The van der Waals surface area contributed by atoms with Crippen molar-refractivity contribution in [1.82, 2.24) is 0 Å². The van der Waals surface area contributed by atoms with Gasteiger partial charge in [-0.15, -0.1) is 0 Å². The molecule has 5 aliphatic rings. The summed E-state index contributed by atoms with van der Waals surface area (Å²) in [6, 6.07) is 7.42. The average molecular weight is 746 g/mol. The summed E-state index contributed by atoms with van der Waals surface area (Å²) in [5.74, 6) is 1.03. The van der Waals surface area contributed by atoms with Crippen LogP contribution in [0.15, 0.2) is 24.3 Å². The molecule has 9 atom stereocenters. The minimum atomic E-state index is -1.44. The summed E-state index contributed by atoms with van der Waals surface area (Å²) in [5, 5.41) is 30.6.